The molecule has 0 bridgehead atoms. The van der Waals surface area contributed by atoms with E-state index >= 15 is 0 Å². The van der Waals surface area contributed by atoms with Gasteiger partial charge in [0.2, 0.25) is 11.8 Å². The molecule has 3 rings (SSSR count). The Bertz CT molecular complexity index is 1290. The molecule has 216 valence electrons. The summed E-state index contributed by atoms with van der Waals surface area (Å²) in [6.45, 7) is 4.83. The van der Waals surface area contributed by atoms with Gasteiger partial charge in [-0.2, -0.15) is 0 Å². The zero-order chi connectivity index (χ0) is 29.8. The summed E-state index contributed by atoms with van der Waals surface area (Å²) in [6.07, 6.45) is -0.507. The van der Waals surface area contributed by atoms with Gasteiger partial charge >= 0.3 is 12.1 Å². The third kappa shape index (κ3) is 10.8. The number of ether oxygens (including phenoxy) is 1. The number of nitrogens with zero attached hydrogens (tertiary/aromatic N) is 1. The highest BCUT2D eigenvalue weighted by atomic mass is 16.6. The molecular formula is C32H37N3O6. The van der Waals surface area contributed by atoms with Crippen molar-refractivity contribution in [2.24, 2.45) is 0 Å². The van der Waals surface area contributed by atoms with Crippen LogP contribution in [-0.2, 0) is 38.5 Å². The molecule has 0 fully saturated rings. The van der Waals surface area contributed by atoms with Crippen LogP contribution in [0.25, 0.3) is 0 Å². The number of alkyl carbamates (subject to hydrolysis) is 1. The van der Waals surface area contributed by atoms with Gasteiger partial charge in [0.1, 0.15) is 17.7 Å². The second kappa shape index (κ2) is 14.6. The van der Waals surface area contributed by atoms with Crippen LogP contribution in [0.5, 0.6) is 0 Å². The fourth-order valence-corrected chi connectivity index (χ4v) is 4.20. The Morgan fingerprint density at radius 1 is 0.732 bits per heavy atom. The van der Waals surface area contributed by atoms with Gasteiger partial charge in [-0.25, -0.2) is 9.59 Å². The molecular weight excluding hydrogens is 522 g/mol. The summed E-state index contributed by atoms with van der Waals surface area (Å²) in [5, 5.41) is 15.0. The maximum absolute atomic E-state index is 14.0. The second-order valence-corrected chi connectivity index (χ2v) is 10.7. The predicted octanol–water partition coefficient (Wildman–Crippen LogP) is 3.96. The van der Waals surface area contributed by atoms with Crippen molar-refractivity contribution < 1.29 is 29.0 Å². The number of carbonyl (C=O) groups is 4. The lowest BCUT2D eigenvalue weighted by molar-refractivity contribution is -0.143. The molecule has 3 aromatic rings. The second-order valence-electron chi connectivity index (χ2n) is 10.7. The SMILES string of the molecule is CC(C)(C)OC(=O)N[C@@H](Cc1ccccc1)C(=O)N(CC(=O)N[C@@H](Cc1ccccc1)C(=O)O)Cc1ccccc1. The van der Waals surface area contributed by atoms with Gasteiger partial charge in [-0.3, -0.25) is 9.59 Å². The summed E-state index contributed by atoms with van der Waals surface area (Å²) in [6, 6.07) is 25.1. The molecule has 0 heterocycles. The average Bonchev–Trinajstić information content (AvgIpc) is 2.92. The summed E-state index contributed by atoms with van der Waals surface area (Å²) < 4.78 is 5.41. The summed E-state index contributed by atoms with van der Waals surface area (Å²) in [5.41, 5.74) is 1.55. The van der Waals surface area contributed by atoms with Crippen molar-refractivity contribution in [1.82, 2.24) is 15.5 Å². The van der Waals surface area contributed by atoms with Crippen LogP contribution in [0.3, 0.4) is 0 Å². The number of aliphatic carboxylic acids is 1. The van der Waals surface area contributed by atoms with Crippen molar-refractivity contribution in [2.45, 2.75) is 57.8 Å². The first kappa shape index (κ1) is 30.9. The van der Waals surface area contributed by atoms with Crippen molar-refractivity contribution in [1.29, 1.82) is 0 Å². The maximum atomic E-state index is 14.0. The molecule has 0 aliphatic rings. The molecule has 3 amide bonds. The van der Waals surface area contributed by atoms with Crippen molar-refractivity contribution >= 4 is 23.9 Å². The van der Waals surface area contributed by atoms with Crippen LogP contribution >= 0.6 is 0 Å². The van der Waals surface area contributed by atoms with Gasteiger partial charge < -0.3 is 25.4 Å². The largest absolute Gasteiger partial charge is 0.480 e. The highest BCUT2D eigenvalue weighted by Gasteiger charge is 2.30. The van der Waals surface area contributed by atoms with Crippen LogP contribution in [0.2, 0.25) is 0 Å². The molecule has 9 heteroatoms. The van der Waals surface area contributed by atoms with Gasteiger partial charge in [0.15, 0.2) is 0 Å². The lowest BCUT2D eigenvalue weighted by Crippen LogP contribution is -2.53. The fourth-order valence-electron chi connectivity index (χ4n) is 4.20. The minimum absolute atomic E-state index is 0.0742. The van der Waals surface area contributed by atoms with Crippen molar-refractivity contribution in [3.05, 3.63) is 108 Å². The molecule has 0 aliphatic heterocycles. The first-order valence-corrected chi connectivity index (χ1v) is 13.4. The number of rotatable bonds is 12. The lowest BCUT2D eigenvalue weighted by atomic mass is 10.0. The smallest absolute Gasteiger partial charge is 0.408 e. The minimum atomic E-state index is -1.18. The molecule has 0 spiro atoms. The third-order valence-electron chi connectivity index (χ3n) is 6.05. The molecule has 0 unspecified atom stereocenters. The minimum Gasteiger partial charge on any atom is -0.480 e. The molecule has 3 N–H and O–H groups in total. The number of carboxylic acid groups (broad SMARTS) is 1. The lowest BCUT2D eigenvalue weighted by Gasteiger charge is -2.29. The molecule has 41 heavy (non-hydrogen) atoms. The summed E-state index contributed by atoms with van der Waals surface area (Å²) >= 11 is 0. The van der Waals surface area contributed by atoms with E-state index in [0.717, 1.165) is 16.7 Å². The van der Waals surface area contributed by atoms with Crippen LogP contribution in [0.1, 0.15) is 37.5 Å². The van der Waals surface area contributed by atoms with E-state index in [4.69, 9.17) is 4.74 Å². The van der Waals surface area contributed by atoms with Crippen LogP contribution in [0.15, 0.2) is 91.0 Å². The number of hydrogen-bond donors (Lipinski definition) is 3. The summed E-state index contributed by atoms with van der Waals surface area (Å²) in [4.78, 5) is 53.1. The zero-order valence-electron chi connectivity index (χ0n) is 23.6. The molecule has 0 aromatic heterocycles. The van der Waals surface area contributed by atoms with Gasteiger partial charge in [0, 0.05) is 19.4 Å². The van der Waals surface area contributed by atoms with E-state index in [1.165, 1.54) is 4.90 Å². The van der Waals surface area contributed by atoms with E-state index in [-0.39, 0.29) is 19.4 Å². The number of nitrogens with one attached hydrogen (secondary N) is 2. The van der Waals surface area contributed by atoms with Crippen molar-refractivity contribution in [3.63, 3.8) is 0 Å². The van der Waals surface area contributed by atoms with Crippen LogP contribution in [0.4, 0.5) is 4.79 Å². The first-order valence-electron chi connectivity index (χ1n) is 13.4. The quantitative estimate of drug-likeness (QED) is 0.309. The third-order valence-corrected chi connectivity index (χ3v) is 6.05. The van der Waals surface area contributed by atoms with Gasteiger partial charge in [-0.15, -0.1) is 0 Å². The highest BCUT2D eigenvalue weighted by molar-refractivity contribution is 5.91. The van der Waals surface area contributed by atoms with E-state index in [1.807, 2.05) is 66.7 Å². The molecule has 0 saturated heterocycles. The summed E-state index contributed by atoms with van der Waals surface area (Å²) in [7, 11) is 0. The van der Waals surface area contributed by atoms with Gasteiger partial charge in [-0.1, -0.05) is 91.0 Å². The van der Waals surface area contributed by atoms with Gasteiger partial charge in [-0.05, 0) is 37.5 Å². The normalized spacial score (nSPS) is 12.5. The van der Waals surface area contributed by atoms with Crippen molar-refractivity contribution in [2.75, 3.05) is 6.54 Å². The standard InChI is InChI=1S/C32H37N3O6/c1-32(2,3)41-31(40)34-26(19-23-13-7-4-8-14-23)29(37)35(21-25-17-11-6-12-18-25)22-28(36)33-27(30(38)39)20-24-15-9-5-10-16-24/h4-18,26-27H,19-22H2,1-3H3,(H,33,36)(H,34,40)(H,38,39)/t26-,27-/m0/s1. The Morgan fingerprint density at radius 3 is 1.66 bits per heavy atom. The monoisotopic (exact) mass is 559 g/mol. The van der Waals surface area contributed by atoms with E-state index in [2.05, 4.69) is 10.6 Å². The number of benzene rings is 3. The topological polar surface area (TPSA) is 125 Å². The van der Waals surface area contributed by atoms with E-state index < -0.39 is 48.1 Å². The Hall–Kier alpha value is -4.66. The van der Waals surface area contributed by atoms with Crippen LogP contribution in [-0.4, -0.2) is 58.1 Å². The Balaban J connectivity index is 1.84. The molecule has 9 nitrogen and oxygen atoms in total. The van der Waals surface area contributed by atoms with Crippen LogP contribution in [0, 0.1) is 0 Å². The number of amides is 3. The van der Waals surface area contributed by atoms with Gasteiger partial charge in [0.25, 0.3) is 0 Å². The van der Waals surface area contributed by atoms with E-state index in [0.29, 0.717) is 0 Å². The Kier molecular flexibility index (Phi) is 11.0. The number of carbonyl (C=O) groups excluding carboxylic acids is 3. The van der Waals surface area contributed by atoms with E-state index in [9.17, 15) is 24.3 Å². The fraction of sp³-hybridized carbons (Fsp3) is 0.312. The molecule has 0 aliphatic carbocycles. The highest BCUT2D eigenvalue weighted by Crippen LogP contribution is 2.13. The van der Waals surface area contributed by atoms with E-state index in [1.54, 1.807) is 45.0 Å². The Labute approximate surface area is 240 Å². The van der Waals surface area contributed by atoms with Crippen LogP contribution < -0.4 is 10.6 Å². The summed E-state index contributed by atoms with van der Waals surface area (Å²) in [5.74, 6) is -2.32. The first-order chi connectivity index (χ1) is 19.5. The average molecular weight is 560 g/mol. The number of carboxylic acids is 1. The molecule has 3 aromatic carbocycles. The predicted molar refractivity (Wildman–Crippen MR) is 155 cm³/mol. The maximum Gasteiger partial charge on any atom is 0.408 e. The zero-order valence-corrected chi connectivity index (χ0v) is 23.6. The number of hydrogen-bond acceptors (Lipinski definition) is 5. The van der Waals surface area contributed by atoms with Crippen molar-refractivity contribution in [3.8, 4) is 0 Å². The Morgan fingerprint density at radius 2 is 1.20 bits per heavy atom. The molecule has 0 saturated carbocycles. The molecule has 2 atom stereocenters. The van der Waals surface area contributed by atoms with Gasteiger partial charge in [0.05, 0.1) is 6.54 Å². The molecule has 0 radical (unpaired) electrons.